The van der Waals surface area contributed by atoms with Crippen molar-refractivity contribution < 1.29 is 14.3 Å². The summed E-state index contributed by atoms with van der Waals surface area (Å²) < 4.78 is 11.1. The van der Waals surface area contributed by atoms with E-state index in [1.807, 2.05) is 31.2 Å². The summed E-state index contributed by atoms with van der Waals surface area (Å²) in [5.41, 5.74) is 5.97. The van der Waals surface area contributed by atoms with Gasteiger partial charge < -0.3 is 14.4 Å². The van der Waals surface area contributed by atoms with Gasteiger partial charge in [-0.25, -0.2) is 5.43 Å². The molecule has 6 heteroatoms. The van der Waals surface area contributed by atoms with E-state index in [1.54, 1.807) is 32.6 Å². The van der Waals surface area contributed by atoms with E-state index in [-0.39, 0.29) is 5.91 Å². The molecule has 1 heterocycles. The number of hydrazone groups is 1. The number of nitrogens with zero attached hydrogens (tertiary/aromatic N) is 2. The fourth-order valence-electron chi connectivity index (χ4n) is 3.14. The zero-order chi connectivity index (χ0) is 19.2. The number of methoxy groups -OCH3 is 2. The first kappa shape index (κ1) is 18.8. The van der Waals surface area contributed by atoms with Crippen LogP contribution in [0.15, 0.2) is 41.5 Å². The number of aryl methyl sites for hydroxylation is 1. The van der Waals surface area contributed by atoms with Crippen LogP contribution in [0.2, 0.25) is 0 Å². The van der Waals surface area contributed by atoms with Crippen LogP contribution in [0, 0.1) is 6.92 Å². The van der Waals surface area contributed by atoms with Crippen molar-refractivity contribution >= 4 is 17.8 Å². The molecule has 0 aromatic heterocycles. The summed E-state index contributed by atoms with van der Waals surface area (Å²) >= 11 is 0. The lowest BCUT2D eigenvalue weighted by molar-refractivity contribution is 0.0955. The Morgan fingerprint density at radius 3 is 2.37 bits per heavy atom. The van der Waals surface area contributed by atoms with Gasteiger partial charge in [-0.3, -0.25) is 4.79 Å². The normalized spacial score (nSPS) is 13.8. The van der Waals surface area contributed by atoms with Crippen LogP contribution in [0.4, 0.5) is 5.69 Å². The molecule has 0 spiro atoms. The Balaban J connectivity index is 1.77. The minimum atomic E-state index is -0.258. The number of anilines is 1. The highest BCUT2D eigenvalue weighted by molar-refractivity contribution is 5.95. The predicted octanol–water partition coefficient (Wildman–Crippen LogP) is 3.38. The van der Waals surface area contributed by atoms with Crippen molar-refractivity contribution in [3.8, 4) is 11.5 Å². The Morgan fingerprint density at radius 1 is 1.07 bits per heavy atom. The first-order valence-electron chi connectivity index (χ1n) is 9.03. The summed E-state index contributed by atoms with van der Waals surface area (Å²) in [6, 6.07) is 11.2. The molecule has 1 fully saturated rings. The van der Waals surface area contributed by atoms with Crippen LogP contribution in [-0.2, 0) is 0 Å². The van der Waals surface area contributed by atoms with E-state index in [4.69, 9.17) is 9.47 Å². The van der Waals surface area contributed by atoms with Gasteiger partial charge in [-0.15, -0.1) is 0 Å². The maximum absolute atomic E-state index is 12.2. The smallest absolute Gasteiger partial charge is 0.271 e. The van der Waals surface area contributed by atoms with Gasteiger partial charge in [0, 0.05) is 30.3 Å². The molecule has 1 saturated heterocycles. The van der Waals surface area contributed by atoms with Gasteiger partial charge in [0.25, 0.3) is 5.91 Å². The van der Waals surface area contributed by atoms with Gasteiger partial charge in [0.15, 0.2) is 0 Å². The molecule has 1 aliphatic heterocycles. The molecule has 6 nitrogen and oxygen atoms in total. The molecule has 27 heavy (non-hydrogen) atoms. The summed E-state index contributed by atoms with van der Waals surface area (Å²) in [7, 11) is 3.28. The van der Waals surface area contributed by atoms with E-state index >= 15 is 0 Å². The van der Waals surface area contributed by atoms with Gasteiger partial charge in [-0.05, 0) is 38.0 Å². The minimum Gasteiger partial charge on any atom is -0.496 e. The van der Waals surface area contributed by atoms with Crippen LogP contribution in [0.3, 0.4) is 0 Å². The molecule has 2 aromatic rings. The number of carbonyl (C=O) groups excluding carboxylic acids is 1. The van der Waals surface area contributed by atoms with E-state index in [1.165, 1.54) is 12.8 Å². The highest BCUT2D eigenvalue weighted by Crippen LogP contribution is 2.36. The second-order valence-electron chi connectivity index (χ2n) is 6.53. The Morgan fingerprint density at radius 2 is 1.74 bits per heavy atom. The lowest BCUT2D eigenvalue weighted by Gasteiger charge is -2.22. The van der Waals surface area contributed by atoms with Crippen molar-refractivity contribution in [1.29, 1.82) is 0 Å². The average molecular weight is 367 g/mol. The number of rotatable bonds is 6. The number of carbonyl (C=O) groups is 1. The van der Waals surface area contributed by atoms with Crippen LogP contribution < -0.4 is 19.8 Å². The Hall–Kier alpha value is -3.02. The van der Waals surface area contributed by atoms with E-state index in [0.717, 1.165) is 35.7 Å². The van der Waals surface area contributed by atoms with Crippen molar-refractivity contribution in [2.24, 2.45) is 5.10 Å². The summed E-state index contributed by atoms with van der Waals surface area (Å²) in [6.07, 6.45) is 3.93. The highest BCUT2D eigenvalue weighted by Gasteiger charge is 2.19. The zero-order valence-corrected chi connectivity index (χ0v) is 16.0. The Bertz CT molecular complexity index is 825. The predicted molar refractivity (Wildman–Crippen MR) is 107 cm³/mol. The number of amides is 1. The third-order valence-electron chi connectivity index (χ3n) is 4.66. The maximum Gasteiger partial charge on any atom is 0.271 e. The second-order valence-corrected chi connectivity index (χ2v) is 6.53. The minimum absolute atomic E-state index is 0.258. The number of benzene rings is 2. The first-order chi connectivity index (χ1) is 13.1. The number of hydrogen-bond donors (Lipinski definition) is 1. The zero-order valence-electron chi connectivity index (χ0n) is 16.0. The van der Waals surface area contributed by atoms with Crippen LogP contribution >= 0.6 is 0 Å². The fraction of sp³-hybridized carbons (Fsp3) is 0.333. The van der Waals surface area contributed by atoms with E-state index in [2.05, 4.69) is 15.4 Å². The SMILES string of the molecule is COc1cc(N2CCCC2)c(OC)cc1/C=N\NC(=O)c1ccc(C)cc1. The molecule has 0 aliphatic carbocycles. The molecule has 0 saturated carbocycles. The Labute approximate surface area is 159 Å². The largest absolute Gasteiger partial charge is 0.496 e. The second kappa shape index (κ2) is 8.58. The molecule has 1 aliphatic rings. The summed E-state index contributed by atoms with van der Waals surface area (Å²) in [5, 5.41) is 4.08. The molecule has 142 valence electrons. The fourth-order valence-corrected chi connectivity index (χ4v) is 3.14. The summed E-state index contributed by atoms with van der Waals surface area (Å²) in [4.78, 5) is 14.5. The van der Waals surface area contributed by atoms with Crippen LogP contribution in [-0.4, -0.2) is 39.4 Å². The van der Waals surface area contributed by atoms with Gasteiger partial charge in [0.2, 0.25) is 0 Å². The van der Waals surface area contributed by atoms with Crippen LogP contribution in [0.25, 0.3) is 0 Å². The van der Waals surface area contributed by atoms with Crippen LogP contribution in [0.1, 0.15) is 34.3 Å². The third kappa shape index (κ3) is 4.39. The van der Waals surface area contributed by atoms with E-state index < -0.39 is 0 Å². The van der Waals surface area contributed by atoms with Crippen molar-refractivity contribution in [3.63, 3.8) is 0 Å². The quantitative estimate of drug-likeness (QED) is 0.628. The monoisotopic (exact) mass is 367 g/mol. The average Bonchev–Trinajstić information content (AvgIpc) is 3.22. The lowest BCUT2D eigenvalue weighted by atomic mass is 10.1. The molecular formula is C21H25N3O3. The molecule has 0 atom stereocenters. The van der Waals surface area contributed by atoms with Gasteiger partial charge in [0.05, 0.1) is 26.1 Å². The summed E-state index contributed by atoms with van der Waals surface area (Å²) in [6.45, 7) is 4.00. The third-order valence-corrected chi connectivity index (χ3v) is 4.66. The number of ether oxygens (including phenoxy) is 2. The molecule has 1 N–H and O–H groups in total. The molecule has 0 radical (unpaired) electrons. The van der Waals surface area contributed by atoms with Crippen molar-refractivity contribution in [2.75, 3.05) is 32.2 Å². The summed E-state index contributed by atoms with van der Waals surface area (Å²) in [5.74, 6) is 1.20. The Kier molecular flexibility index (Phi) is 5.96. The van der Waals surface area contributed by atoms with Gasteiger partial charge in [-0.2, -0.15) is 5.10 Å². The van der Waals surface area contributed by atoms with Gasteiger partial charge >= 0.3 is 0 Å². The number of nitrogens with one attached hydrogen (secondary N) is 1. The lowest BCUT2D eigenvalue weighted by Crippen LogP contribution is -2.19. The van der Waals surface area contributed by atoms with E-state index in [0.29, 0.717) is 11.3 Å². The topological polar surface area (TPSA) is 63.2 Å². The standard InChI is InChI=1S/C21H25N3O3/c1-15-6-8-16(9-7-15)21(25)23-22-14-17-12-20(27-3)18(13-19(17)26-2)24-10-4-5-11-24/h6-9,12-14H,4-5,10-11H2,1-3H3,(H,23,25)/b22-14-. The van der Waals surface area contributed by atoms with Crippen molar-refractivity contribution in [2.45, 2.75) is 19.8 Å². The molecular weight excluding hydrogens is 342 g/mol. The highest BCUT2D eigenvalue weighted by atomic mass is 16.5. The molecule has 0 bridgehead atoms. The van der Waals surface area contributed by atoms with Crippen LogP contribution in [0.5, 0.6) is 11.5 Å². The molecule has 1 amide bonds. The molecule has 3 rings (SSSR count). The van der Waals surface area contributed by atoms with Crippen molar-refractivity contribution in [1.82, 2.24) is 5.43 Å². The maximum atomic E-state index is 12.2. The number of hydrogen-bond acceptors (Lipinski definition) is 5. The molecule has 2 aromatic carbocycles. The van der Waals surface area contributed by atoms with Crippen molar-refractivity contribution in [3.05, 3.63) is 53.1 Å². The first-order valence-corrected chi connectivity index (χ1v) is 9.03. The van der Waals surface area contributed by atoms with Gasteiger partial charge in [0.1, 0.15) is 11.5 Å². The molecule has 0 unspecified atom stereocenters. The van der Waals surface area contributed by atoms with Gasteiger partial charge in [-0.1, -0.05) is 17.7 Å². The van der Waals surface area contributed by atoms with E-state index in [9.17, 15) is 4.79 Å².